The van der Waals surface area contributed by atoms with E-state index in [2.05, 4.69) is 27.1 Å². The maximum absolute atomic E-state index is 5.66. The van der Waals surface area contributed by atoms with Gasteiger partial charge in [0.2, 0.25) is 5.95 Å². The highest BCUT2D eigenvalue weighted by Gasteiger charge is 2.20. The molecule has 0 spiro atoms. The SMILES string of the molecule is CCNc1nccc(N2CCOC(CC)C2)n1. The van der Waals surface area contributed by atoms with E-state index in [4.69, 9.17) is 4.74 Å². The Morgan fingerprint density at radius 2 is 2.41 bits per heavy atom. The van der Waals surface area contributed by atoms with Crippen molar-refractivity contribution in [2.75, 3.05) is 36.5 Å². The summed E-state index contributed by atoms with van der Waals surface area (Å²) in [5, 5.41) is 3.13. The summed E-state index contributed by atoms with van der Waals surface area (Å²) in [6, 6.07) is 1.96. The second kappa shape index (κ2) is 5.82. The molecule has 1 unspecified atom stereocenters. The maximum Gasteiger partial charge on any atom is 0.224 e. The Morgan fingerprint density at radius 3 is 3.18 bits per heavy atom. The van der Waals surface area contributed by atoms with Crippen LogP contribution in [0.15, 0.2) is 12.3 Å². The van der Waals surface area contributed by atoms with Crippen LogP contribution < -0.4 is 10.2 Å². The molecule has 1 atom stereocenters. The second-order valence-electron chi connectivity index (χ2n) is 4.12. The van der Waals surface area contributed by atoms with Crippen LogP contribution in [-0.2, 0) is 4.74 Å². The van der Waals surface area contributed by atoms with E-state index in [1.165, 1.54) is 0 Å². The number of morpholine rings is 1. The van der Waals surface area contributed by atoms with Crippen LogP contribution in [-0.4, -0.2) is 42.3 Å². The van der Waals surface area contributed by atoms with Gasteiger partial charge in [0.1, 0.15) is 5.82 Å². The highest BCUT2D eigenvalue weighted by atomic mass is 16.5. The molecule has 0 aliphatic carbocycles. The molecule has 5 nitrogen and oxygen atoms in total. The molecule has 0 amide bonds. The fourth-order valence-electron chi connectivity index (χ4n) is 1.94. The Kier molecular flexibility index (Phi) is 4.14. The largest absolute Gasteiger partial charge is 0.375 e. The fraction of sp³-hybridized carbons (Fsp3) is 0.667. The molecule has 1 aliphatic heterocycles. The number of aromatic nitrogens is 2. The molecule has 1 aromatic rings. The molecule has 94 valence electrons. The predicted molar refractivity (Wildman–Crippen MR) is 68.4 cm³/mol. The summed E-state index contributed by atoms with van der Waals surface area (Å²) in [6.07, 6.45) is 3.17. The lowest BCUT2D eigenvalue weighted by Gasteiger charge is -2.33. The summed E-state index contributed by atoms with van der Waals surface area (Å²) >= 11 is 0. The van der Waals surface area contributed by atoms with Gasteiger partial charge < -0.3 is 15.0 Å². The lowest BCUT2D eigenvalue weighted by atomic mass is 10.2. The zero-order chi connectivity index (χ0) is 12.1. The molecule has 2 rings (SSSR count). The summed E-state index contributed by atoms with van der Waals surface area (Å²) in [6.45, 7) is 7.62. The molecule has 5 heteroatoms. The number of ether oxygens (including phenoxy) is 1. The molecule has 1 N–H and O–H groups in total. The van der Waals surface area contributed by atoms with Crippen LogP contribution in [0.3, 0.4) is 0 Å². The zero-order valence-electron chi connectivity index (χ0n) is 10.5. The Labute approximate surface area is 102 Å². The van der Waals surface area contributed by atoms with E-state index in [1.807, 2.05) is 13.0 Å². The Hall–Kier alpha value is -1.36. The van der Waals surface area contributed by atoms with Crippen LogP contribution in [0, 0.1) is 0 Å². The molecule has 1 aliphatic rings. The molecule has 0 bridgehead atoms. The second-order valence-corrected chi connectivity index (χ2v) is 4.12. The molecular weight excluding hydrogens is 216 g/mol. The van der Waals surface area contributed by atoms with E-state index in [0.717, 1.165) is 38.5 Å². The summed E-state index contributed by atoms with van der Waals surface area (Å²) in [7, 11) is 0. The minimum atomic E-state index is 0.321. The minimum Gasteiger partial charge on any atom is -0.375 e. The zero-order valence-corrected chi connectivity index (χ0v) is 10.5. The van der Waals surface area contributed by atoms with Crippen molar-refractivity contribution in [1.82, 2.24) is 9.97 Å². The Bertz CT molecular complexity index is 358. The number of nitrogens with one attached hydrogen (secondary N) is 1. The number of rotatable bonds is 4. The molecule has 0 radical (unpaired) electrons. The van der Waals surface area contributed by atoms with Crippen LogP contribution in [0.2, 0.25) is 0 Å². The quantitative estimate of drug-likeness (QED) is 0.859. The van der Waals surface area contributed by atoms with Crippen LogP contribution >= 0.6 is 0 Å². The highest BCUT2D eigenvalue weighted by molar-refractivity contribution is 5.42. The van der Waals surface area contributed by atoms with Crippen LogP contribution in [0.25, 0.3) is 0 Å². The molecule has 17 heavy (non-hydrogen) atoms. The van der Waals surface area contributed by atoms with Gasteiger partial charge in [0.15, 0.2) is 0 Å². The standard InChI is InChI=1S/C12H20N4O/c1-3-10-9-16(7-8-17-10)11-5-6-14-12(15-11)13-4-2/h5-6,10H,3-4,7-9H2,1-2H3,(H,13,14,15). The summed E-state index contributed by atoms with van der Waals surface area (Å²) < 4.78 is 5.66. The van der Waals surface area contributed by atoms with Crippen molar-refractivity contribution in [3.05, 3.63) is 12.3 Å². The van der Waals surface area contributed by atoms with Gasteiger partial charge in [-0.15, -0.1) is 0 Å². The van der Waals surface area contributed by atoms with Gasteiger partial charge in [-0.2, -0.15) is 4.98 Å². The van der Waals surface area contributed by atoms with Crippen molar-refractivity contribution in [2.45, 2.75) is 26.4 Å². The van der Waals surface area contributed by atoms with E-state index in [-0.39, 0.29) is 0 Å². The number of nitrogens with zero attached hydrogens (tertiary/aromatic N) is 3. The van der Waals surface area contributed by atoms with E-state index in [9.17, 15) is 0 Å². The van der Waals surface area contributed by atoms with Gasteiger partial charge >= 0.3 is 0 Å². The molecule has 1 fully saturated rings. The van der Waals surface area contributed by atoms with E-state index in [1.54, 1.807) is 6.20 Å². The molecule has 1 saturated heterocycles. The third-order valence-electron chi connectivity index (χ3n) is 2.89. The van der Waals surface area contributed by atoms with Gasteiger partial charge in [-0.05, 0) is 19.4 Å². The van der Waals surface area contributed by atoms with Gasteiger partial charge in [0.05, 0.1) is 12.7 Å². The van der Waals surface area contributed by atoms with Crippen molar-refractivity contribution in [3.8, 4) is 0 Å². The van der Waals surface area contributed by atoms with E-state index < -0.39 is 0 Å². The smallest absolute Gasteiger partial charge is 0.224 e. The van der Waals surface area contributed by atoms with Gasteiger partial charge in [0.25, 0.3) is 0 Å². The predicted octanol–water partition coefficient (Wildman–Crippen LogP) is 1.52. The first kappa shape index (κ1) is 12.1. The van der Waals surface area contributed by atoms with Crippen molar-refractivity contribution in [1.29, 1.82) is 0 Å². The third kappa shape index (κ3) is 3.06. The molecule has 2 heterocycles. The van der Waals surface area contributed by atoms with Crippen molar-refractivity contribution < 1.29 is 4.74 Å². The first-order valence-corrected chi connectivity index (χ1v) is 6.27. The van der Waals surface area contributed by atoms with Crippen molar-refractivity contribution in [3.63, 3.8) is 0 Å². The summed E-state index contributed by atoms with van der Waals surface area (Å²) in [4.78, 5) is 11.0. The van der Waals surface area contributed by atoms with Gasteiger partial charge in [-0.1, -0.05) is 6.92 Å². The van der Waals surface area contributed by atoms with Crippen LogP contribution in [0.1, 0.15) is 20.3 Å². The van der Waals surface area contributed by atoms with Crippen LogP contribution in [0.5, 0.6) is 0 Å². The average Bonchev–Trinajstić information content (AvgIpc) is 2.40. The van der Waals surface area contributed by atoms with Gasteiger partial charge in [0, 0.05) is 25.8 Å². The summed E-state index contributed by atoms with van der Waals surface area (Å²) in [5.41, 5.74) is 0. The normalized spacial score (nSPS) is 20.4. The lowest BCUT2D eigenvalue weighted by molar-refractivity contribution is 0.0381. The highest BCUT2D eigenvalue weighted by Crippen LogP contribution is 2.17. The van der Waals surface area contributed by atoms with Crippen molar-refractivity contribution >= 4 is 11.8 Å². The van der Waals surface area contributed by atoms with Crippen LogP contribution in [0.4, 0.5) is 11.8 Å². The van der Waals surface area contributed by atoms with E-state index >= 15 is 0 Å². The topological polar surface area (TPSA) is 50.3 Å². The average molecular weight is 236 g/mol. The van der Waals surface area contributed by atoms with Gasteiger partial charge in [-0.25, -0.2) is 4.98 Å². The minimum absolute atomic E-state index is 0.321. The van der Waals surface area contributed by atoms with Crippen molar-refractivity contribution in [2.24, 2.45) is 0 Å². The monoisotopic (exact) mass is 236 g/mol. The first-order chi connectivity index (χ1) is 8.33. The van der Waals surface area contributed by atoms with E-state index in [0.29, 0.717) is 12.1 Å². The molecule has 0 saturated carbocycles. The van der Waals surface area contributed by atoms with Gasteiger partial charge in [-0.3, -0.25) is 0 Å². The fourth-order valence-corrected chi connectivity index (χ4v) is 1.94. The number of hydrogen-bond donors (Lipinski definition) is 1. The first-order valence-electron chi connectivity index (χ1n) is 6.27. The summed E-state index contributed by atoms with van der Waals surface area (Å²) in [5.74, 6) is 1.68. The molecular formula is C12H20N4O. The lowest BCUT2D eigenvalue weighted by Crippen LogP contribution is -2.42. The maximum atomic E-state index is 5.66. The molecule has 0 aromatic carbocycles. The Balaban J connectivity index is 2.07. The third-order valence-corrected chi connectivity index (χ3v) is 2.89. The Morgan fingerprint density at radius 1 is 1.53 bits per heavy atom. The molecule has 1 aromatic heterocycles. The number of hydrogen-bond acceptors (Lipinski definition) is 5. The number of anilines is 2.